The highest BCUT2D eigenvalue weighted by Gasteiger charge is 2.39. The van der Waals surface area contributed by atoms with Gasteiger partial charge < -0.3 is 29.2 Å². The van der Waals surface area contributed by atoms with Crippen molar-refractivity contribution in [3.8, 4) is 16.9 Å². The first kappa shape index (κ1) is 17.7. The first-order chi connectivity index (χ1) is 13.0. The molecule has 140 valence electrons. The standard InChI is InChI=1S/C20H18O7/c21-15-10-25-20(19(24)18(15)23)26-12-6-7-13-14(11-4-2-1-3-5-11)9-17(22)27-16(13)8-12/h1-9,15,18-21,23-24H,10H2/t15-,18+,19-,20-/m1/s1. The number of fused-ring (bicyclic) bond motifs is 1. The van der Waals surface area contributed by atoms with Crippen molar-refractivity contribution >= 4 is 11.0 Å². The number of ether oxygens (including phenoxy) is 2. The molecule has 0 amide bonds. The molecule has 1 aliphatic heterocycles. The molecule has 1 saturated heterocycles. The third-order valence-electron chi connectivity index (χ3n) is 4.51. The summed E-state index contributed by atoms with van der Waals surface area (Å²) in [6.07, 6.45) is -5.10. The molecule has 0 unspecified atom stereocenters. The summed E-state index contributed by atoms with van der Waals surface area (Å²) in [6, 6.07) is 15.8. The van der Waals surface area contributed by atoms with E-state index < -0.39 is 30.2 Å². The molecule has 0 saturated carbocycles. The Bertz CT molecular complexity index is 998. The number of benzene rings is 2. The topological polar surface area (TPSA) is 109 Å². The molecular weight excluding hydrogens is 352 g/mol. The SMILES string of the molecule is O=c1cc(-c2ccccc2)c2ccc(O[C@H]3OC[C@@H](O)[C@H](O)[C@H]3O)cc2o1. The number of rotatable bonds is 3. The Kier molecular flexibility index (Phi) is 4.67. The third-order valence-corrected chi connectivity index (χ3v) is 4.51. The van der Waals surface area contributed by atoms with Crippen molar-refractivity contribution in [2.45, 2.75) is 24.6 Å². The maximum Gasteiger partial charge on any atom is 0.336 e. The summed E-state index contributed by atoms with van der Waals surface area (Å²) in [4.78, 5) is 12.0. The molecule has 3 N–H and O–H groups in total. The van der Waals surface area contributed by atoms with Gasteiger partial charge in [0.05, 0.1) is 6.61 Å². The van der Waals surface area contributed by atoms with Crippen molar-refractivity contribution in [3.05, 3.63) is 65.0 Å². The Balaban J connectivity index is 1.68. The normalized spacial score (nSPS) is 25.4. The van der Waals surface area contributed by atoms with Gasteiger partial charge in [0.25, 0.3) is 0 Å². The molecule has 2 heterocycles. The van der Waals surface area contributed by atoms with E-state index in [4.69, 9.17) is 13.9 Å². The smallest absolute Gasteiger partial charge is 0.336 e. The maximum absolute atomic E-state index is 12.0. The van der Waals surface area contributed by atoms with Crippen molar-refractivity contribution in [1.82, 2.24) is 0 Å². The molecule has 27 heavy (non-hydrogen) atoms. The molecule has 1 aromatic heterocycles. The van der Waals surface area contributed by atoms with Crippen LogP contribution in [-0.4, -0.2) is 46.5 Å². The molecule has 0 bridgehead atoms. The van der Waals surface area contributed by atoms with Crippen molar-refractivity contribution in [2.24, 2.45) is 0 Å². The van der Waals surface area contributed by atoms with Crippen LogP contribution in [0.3, 0.4) is 0 Å². The van der Waals surface area contributed by atoms with Crippen LogP contribution in [0.5, 0.6) is 5.75 Å². The van der Waals surface area contributed by atoms with E-state index in [2.05, 4.69) is 0 Å². The molecule has 4 atom stereocenters. The van der Waals surface area contributed by atoms with Crippen LogP contribution in [0.2, 0.25) is 0 Å². The van der Waals surface area contributed by atoms with Crippen LogP contribution < -0.4 is 10.4 Å². The Hall–Kier alpha value is -2.71. The summed E-state index contributed by atoms with van der Waals surface area (Å²) >= 11 is 0. The lowest BCUT2D eigenvalue weighted by atomic mass is 10.0. The van der Waals surface area contributed by atoms with E-state index in [1.54, 1.807) is 12.1 Å². The van der Waals surface area contributed by atoms with Crippen molar-refractivity contribution in [1.29, 1.82) is 0 Å². The van der Waals surface area contributed by atoms with Crippen LogP contribution in [0.4, 0.5) is 0 Å². The average Bonchev–Trinajstić information content (AvgIpc) is 2.68. The molecule has 3 aromatic rings. The summed E-state index contributed by atoms with van der Waals surface area (Å²) in [5, 5.41) is 30.0. The van der Waals surface area contributed by atoms with Gasteiger partial charge in [0.2, 0.25) is 6.29 Å². The van der Waals surface area contributed by atoms with Gasteiger partial charge >= 0.3 is 5.63 Å². The molecular formula is C20H18O7. The fraction of sp³-hybridized carbons (Fsp3) is 0.250. The molecule has 7 nitrogen and oxygen atoms in total. The Labute approximate surface area is 154 Å². The van der Waals surface area contributed by atoms with Gasteiger partial charge in [-0.05, 0) is 23.3 Å². The Morgan fingerprint density at radius 3 is 2.52 bits per heavy atom. The van der Waals surface area contributed by atoms with Gasteiger partial charge in [0.1, 0.15) is 29.6 Å². The lowest BCUT2D eigenvalue weighted by Crippen LogP contribution is -2.54. The summed E-state index contributed by atoms with van der Waals surface area (Å²) in [5.74, 6) is 0.295. The van der Waals surface area contributed by atoms with Gasteiger partial charge in [-0.15, -0.1) is 0 Å². The number of hydrogen-bond donors (Lipinski definition) is 3. The zero-order valence-corrected chi connectivity index (χ0v) is 14.2. The lowest BCUT2D eigenvalue weighted by Gasteiger charge is -2.34. The van der Waals surface area contributed by atoms with E-state index in [0.29, 0.717) is 11.3 Å². The van der Waals surface area contributed by atoms with Crippen LogP contribution in [-0.2, 0) is 4.74 Å². The van der Waals surface area contributed by atoms with E-state index >= 15 is 0 Å². The zero-order chi connectivity index (χ0) is 19.0. The first-order valence-electron chi connectivity index (χ1n) is 8.49. The highest BCUT2D eigenvalue weighted by Crippen LogP contribution is 2.30. The van der Waals surface area contributed by atoms with Crippen molar-refractivity contribution in [3.63, 3.8) is 0 Å². The van der Waals surface area contributed by atoms with Gasteiger partial charge in [-0.1, -0.05) is 30.3 Å². The van der Waals surface area contributed by atoms with Crippen LogP contribution in [0.15, 0.2) is 63.8 Å². The second-order valence-electron chi connectivity index (χ2n) is 6.37. The minimum atomic E-state index is -1.41. The van der Waals surface area contributed by atoms with Crippen LogP contribution in [0.1, 0.15) is 0 Å². The van der Waals surface area contributed by atoms with E-state index in [1.165, 1.54) is 12.1 Å². The van der Waals surface area contributed by atoms with Gasteiger partial charge in [-0.2, -0.15) is 0 Å². The highest BCUT2D eigenvalue weighted by molar-refractivity contribution is 5.93. The monoisotopic (exact) mass is 370 g/mol. The van der Waals surface area contributed by atoms with Crippen LogP contribution >= 0.6 is 0 Å². The largest absolute Gasteiger partial charge is 0.462 e. The maximum atomic E-state index is 12.0. The summed E-state index contributed by atoms with van der Waals surface area (Å²) in [5.41, 5.74) is 1.45. The van der Waals surface area contributed by atoms with Crippen LogP contribution in [0, 0.1) is 0 Å². The molecule has 4 rings (SSSR count). The summed E-state index contributed by atoms with van der Waals surface area (Å²) < 4.78 is 16.1. The Morgan fingerprint density at radius 1 is 0.963 bits per heavy atom. The zero-order valence-electron chi connectivity index (χ0n) is 14.2. The lowest BCUT2D eigenvalue weighted by molar-refractivity contribution is -0.242. The van der Waals surface area contributed by atoms with Crippen LogP contribution in [0.25, 0.3) is 22.1 Å². The molecule has 2 aromatic carbocycles. The molecule has 1 fully saturated rings. The predicted molar refractivity (Wildman–Crippen MR) is 96.3 cm³/mol. The van der Waals surface area contributed by atoms with E-state index in [9.17, 15) is 20.1 Å². The van der Waals surface area contributed by atoms with E-state index in [-0.39, 0.29) is 6.61 Å². The fourth-order valence-corrected chi connectivity index (χ4v) is 3.09. The van der Waals surface area contributed by atoms with E-state index in [1.807, 2.05) is 30.3 Å². The van der Waals surface area contributed by atoms with Gasteiger partial charge in [-0.25, -0.2) is 4.79 Å². The van der Waals surface area contributed by atoms with Gasteiger partial charge in [0.15, 0.2) is 0 Å². The predicted octanol–water partition coefficient (Wildman–Crippen LogP) is 1.28. The highest BCUT2D eigenvalue weighted by atomic mass is 16.7. The molecule has 0 spiro atoms. The minimum Gasteiger partial charge on any atom is -0.462 e. The fourth-order valence-electron chi connectivity index (χ4n) is 3.09. The van der Waals surface area contributed by atoms with Gasteiger partial charge in [-0.3, -0.25) is 0 Å². The average molecular weight is 370 g/mol. The first-order valence-corrected chi connectivity index (χ1v) is 8.49. The van der Waals surface area contributed by atoms with Gasteiger partial charge in [0, 0.05) is 17.5 Å². The van der Waals surface area contributed by atoms with Crippen molar-refractivity contribution < 1.29 is 29.2 Å². The number of aliphatic hydroxyl groups excluding tert-OH is 3. The number of aliphatic hydroxyl groups is 3. The summed E-state index contributed by atoms with van der Waals surface area (Å²) in [7, 11) is 0. The van der Waals surface area contributed by atoms with E-state index in [0.717, 1.165) is 16.5 Å². The second kappa shape index (κ2) is 7.13. The minimum absolute atomic E-state index is 0.163. The molecule has 7 heteroatoms. The van der Waals surface area contributed by atoms with Crippen molar-refractivity contribution in [2.75, 3.05) is 6.61 Å². The summed E-state index contributed by atoms with van der Waals surface area (Å²) in [6.45, 7) is -0.163. The molecule has 1 aliphatic rings. The Morgan fingerprint density at radius 2 is 1.74 bits per heavy atom. The molecule has 0 aliphatic carbocycles. The molecule has 0 radical (unpaired) electrons. The quantitative estimate of drug-likeness (QED) is 0.596. The number of hydrogen-bond acceptors (Lipinski definition) is 7. The second-order valence-corrected chi connectivity index (χ2v) is 6.37. The third kappa shape index (κ3) is 3.45.